The first kappa shape index (κ1) is 14.2. The minimum Gasteiger partial charge on any atom is -0.274 e. The van der Waals surface area contributed by atoms with Gasteiger partial charge in [0.05, 0.1) is 11.9 Å². The fourth-order valence-corrected chi connectivity index (χ4v) is 2.81. The summed E-state index contributed by atoms with van der Waals surface area (Å²) in [5, 5.41) is 15.8. The summed E-state index contributed by atoms with van der Waals surface area (Å²) in [6.45, 7) is 1.81. The molecule has 3 aromatic heterocycles. The van der Waals surface area contributed by atoms with E-state index in [0.717, 1.165) is 5.69 Å². The highest BCUT2D eigenvalue weighted by molar-refractivity contribution is 7.92. The quantitative estimate of drug-likeness (QED) is 0.750. The molecule has 0 aliphatic rings. The van der Waals surface area contributed by atoms with Crippen LogP contribution in [-0.4, -0.2) is 38.2 Å². The summed E-state index contributed by atoms with van der Waals surface area (Å²) in [4.78, 5) is 0. The Hall–Kier alpha value is -2.75. The van der Waals surface area contributed by atoms with Gasteiger partial charge >= 0.3 is 0 Å². The van der Waals surface area contributed by atoms with Gasteiger partial charge in [0.15, 0.2) is 10.8 Å². The SMILES string of the molecule is Cc1ccc(-n2nccc2NS(=O)(=O)c2ccn(C)n2)nn1. The van der Waals surface area contributed by atoms with Gasteiger partial charge in [0.25, 0.3) is 10.0 Å². The molecule has 0 aliphatic heterocycles. The fraction of sp³-hybridized carbons (Fsp3) is 0.167. The van der Waals surface area contributed by atoms with Crippen LogP contribution in [0.25, 0.3) is 5.82 Å². The van der Waals surface area contributed by atoms with E-state index in [2.05, 4.69) is 25.1 Å². The van der Waals surface area contributed by atoms with Gasteiger partial charge in [0, 0.05) is 19.3 Å². The maximum absolute atomic E-state index is 12.3. The molecule has 0 saturated heterocycles. The van der Waals surface area contributed by atoms with Crippen LogP contribution in [0.3, 0.4) is 0 Å². The third-order valence-electron chi connectivity index (χ3n) is 2.85. The van der Waals surface area contributed by atoms with E-state index in [-0.39, 0.29) is 10.8 Å². The Morgan fingerprint density at radius 1 is 1.14 bits per heavy atom. The van der Waals surface area contributed by atoms with Crippen molar-refractivity contribution in [3.8, 4) is 5.82 Å². The lowest BCUT2D eigenvalue weighted by atomic mass is 10.4. The molecule has 0 amide bonds. The second kappa shape index (κ2) is 5.22. The lowest BCUT2D eigenvalue weighted by Crippen LogP contribution is -2.17. The van der Waals surface area contributed by atoms with Gasteiger partial charge in [-0.3, -0.25) is 9.40 Å². The number of aromatic nitrogens is 6. The van der Waals surface area contributed by atoms with Crippen LogP contribution >= 0.6 is 0 Å². The molecule has 9 nitrogen and oxygen atoms in total. The average Bonchev–Trinajstić information content (AvgIpc) is 3.09. The molecule has 0 atom stereocenters. The summed E-state index contributed by atoms with van der Waals surface area (Å²) in [6.07, 6.45) is 3.02. The molecule has 0 unspecified atom stereocenters. The second-order valence-corrected chi connectivity index (χ2v) is 6.22. The zero-order chi connectivity index (χ0) is 15.7. The van der Waals surface area contributed by atoms with Crippen molar-refractivity contribution in [2.24, 2.45) is 7.05 Å². The van der Waals surface area contributed by atoms with Crippen LogP contribution in [0.2, 0.25) is 0 Å². The number of nitrogens with one attached hydrogen (secondary N) is 1. The van der Waals surface area contributed by atoms with E-state index in [1.165, 1.54) is 27.7 Å². The van der Waals surface area contributed by atoms with Crippen LogP contribution in [0.1, 0.15) is 5.69 Å². The Morgan fingerprint density at radius 2 is 1.95 bits per heavy atom. The number of aryl methyl sites for hydroxylation is 2. The van der Waals surface area contributed by atoms with Gasteiger partial charge in [0.2, 0.25) is 0 Å². The molecule has 22 heavy (non-hydrogen) atoms. The van der Waals surface area contributed by atoms with Crippen molar-refractivity contribution in [2.45, 2.75) is 11.9 Å². The second-order valence-electron chi connectivity index (χ2n) is 4.59. The summed E-state index contributed by atoms with van der Waals surface area (Å²) in [5.74, 6) is 0.665. The van der Waals surface area contributed by atoms with Crippen LogP contribution in [0.15, 0.2) is 41.7 Å². The van der Waals surface area contributed by atoms with Crippen LogP contribution in [0.4, 0.5) is 5.82 Å². The molecule has 0 saturated carbocycles. The standard InChI is InChI=1S/C12H13N7O2S/c1-9-3-4-10(15-14-9)19-11(5-7-13-19)17-22(20,21)12-6-8-18(2)16-12/h3-8,17H,1-2H3. The predicted octanol–water partition coefficient (Wildman–Crippen LogP) is 0.505. The van der Waals surface area contributed by atoms with Gasteiger partial charge in [-0.1, -0.05) is 0 Å². The number of sulfonamides is 1. The minimum absolute atomic E-state index is 0.0715. The normalized spacial score (nSPS) is 11.5. The highest BCUT2D eigenvalue weighted by atomic mass is 32.2. The van der Waals surface area contributed by atoms with E-state index in [1.807, 2.05) is 6.92 Å². The van der Waals surface area contributed by atoms with Crippen molar-refractivity contribution in [2.75, 3.05) is 4.72 Å². The van der Waals surface area contributed by atoms with E-state index < -0.39 is 10.0 Å². The maximum atomic E-state index is 12.3. The summed E-state index contributed by atoms with van der Waals surface area (Å²) in [6, 6.07) is 6.41. The van der Waals surface area contributed by atoms with Gasteiger partial charge in [-0.15, -0.1) is 5.10 Å². The van der Waals surface area contributed by atoms with Crippen LogP contribution in [0.5, 0.6) is 0 Å². The smallest absolute Gasteiger partial charge is 0.274 e. The van der Waals surface area contributed by atoms with E-state index in [0.29, 0.717) is 5.82 Å². The molecule has 3 aromatic rings. The number of hydrogen-bond donors (Lipinski definition) is 1. The Kier molecular flexibility index (Phi) is 3.37. The predicted molar refractivity (Wildman–Crippen MR) is 77.9 cm³/mol. The lowest BCUT2D eigenvalue weighted by molar-refractivity contribution is 0.592. The minimum atomic E-state index is -3.79. The van der Waals surface area contributed by atoms with Crippen molar-refractivity contribution < 1.29 is 8.42 Å². The van der Waals surface area contributed by atoms with Crippen molar-refractivity contribution in [1.29, 1.82) is 0 Å². The first-order chi connectivity index (χ1) is 10.5. The summed E-state index contributed by atoms with van der Waals surface area (Å²) in [5.41, 5.74) is 0.756. The number of hydrogen-bond acceptors (Lipinski definition) is 6. The van der Waals surface area contributed by atoms with Gasteiger partial charge in [-0.05, 0) is 25.1 Å². The number of rotatable bonds is 4. The maximum Gasteiger partial charge on any atom is 0.282 e. The number of nitrogens with zero attached hydrogens (tertiary/aromatic N) is 6. The lowest BCUT2D eigenvalue weighted by Gasteiger charge is -2.08. The molecule has 0 spiro atoms. The van der Waals surface area contributed by atoms with E-state index in [9.17, 15) is 8.42 Å². The average molecular weight is 319 g/mol. The fourth-order valence-electron chi connectivity index (χ4n) is 1.80. The summed E-state index contributed by atoms with van der Waals surface area (Å²) in [7, 11) is -2.15. The molecular weight excluding hydrogens is 306 g/mol. The molecule has 0 aliphatic carbocycles. The molecule has 0 radical (unpaired) electrons. The zero-order valence-electron chi connectivity index (χ0n) is 11.9. The molecule has 114 valence electrons. The van der Waals surface area contributed by atoms with Crippen molar-refractivity contribution in [3.63, 3.8) is 0 Å². The Morgan fingerprint density at radius 3 is 2.59 bits per heavy atom. The van der Waals surface area contributed by atoms with E-state index >= 15 is 0 Å². The third kappa shape index (κ3) is 2.68. The molecule has 10 heteroatoms. The first-order valence-electron chi connectivity index (χ1n) is 6.33. The molecular formula is C12H13N7O2S. The highest BCUT2D eigenvalue weighted by Gasteiger charge is 2.20. The van der Waals surface area contributed by atoms with Crippen molar-refractivity contribution >= 4 is 15.8 Å². The van der Waals surface area contributed by atoms with Crippen LogP contribution in [0, 0.1) is 6.92 Å². The Bertz CT molecular complexity index is 896. The highest BCUT2D eigenvalue weighted by Crippen LogP contribution is 2.16. The molecule has 3 heterocycles. The molecule has 0 aromatic carbocycles. The monoisotopic (exact) mass is 319 g/mol. The summed E-state index contributed by atoms with van der Waals surface area (Å²) >= 11 is 0. The van der Waals surface area contributed by atoms with E-state index in [1.54, 1.807) is 25.4 Å². The first-order valence-corrected chi connectivity index (χ1v) is 7.81. The largest absolute Gasteiger partial charge is 0.282 e. The van der Waals surface area contributed by atoms with Gasteiger partial charge in [0.1, 0.15) is 5.82 Å². The van der Waals surface area contributed by atoms with Crippen LogP contribution < -0.4 is 4.72 Å². The summed E-state index contributed by atoms with van der Waals surface area (Å²) < 4.78 is 29.8. The molecule has 1 N–H and O–H groups in total. The van der Waals surface area contributed by atoms with Crippen LogP contribution in [-0.2, 0) is 17.1 Å². The van der Waals surface area contributed by atoms with Crippen molar-refractivity contribution in [3.05, 3.63) is 42.4 Å². The molecule has 0 bridgehead atoms. The zero-order valence-corrected chi connectivity index (χ0v) is 12.7. The number of anilines is 1. The topological polar surface area (TPSA) is 108 Å². The molecule has 3 rings (SSSR count). The third-order valence-corrected chi connectivity index (χ3v) is 4.09. The molecule has 0 fully saturated rings. The Balaban J connectivity index is 1.94. The van der Waals surface area contributed by atoms with Crippen molar-refractivity contribution in [1.82, 2.24) is 29.8 Å². The van der Waals surface area contributed by atoms with E-state index in [4.69, 9.17) is 0 Å². The van der Waals surface area contributed by atoms with Gasteiger partial charge in [-0.25, -0.2) is 0 Å². The van der Waals surface area contributed by atoms with Gasteiger partial charge < -0.3 is 0 Å². The van der Waals surface area contributed by atoms with Gasteiger partial charge in [-0.2, -0.15) is 28.4 Å². The Labute approximate surface area is 126 Å².